The van der Waals surface area contributed by atoms with Crippen molar-refractivity contribution in [2.24, 2.45) is 0 Å². The highest BCUT2D eigenvalue weighted by atomic mass is 35.5. The monoisotopic (exact) mass is 643 g/mol. The Balaban J connectivity index is 1.60. The Morgan fingerprint density at radius 3 is 2.30 bits per heavy atom. The summed E-state index contributed by atoms with van der Waals surface area (Å²) in [5, 5.41) is 4.21. The predicted molar refractivity (Wildman–Crippen MR) is 174 cm³/mol. The van der Waals surface area contributed by atoms with Crippen molar-refractivity contribution in [2.45, 2.75) is 70.5 Å². The van der Waals surface area contributed by atoms with Crippen molar-refractivity contribution < 1.29 is 18.0 Å². The van der Waals surface area contributed by atoms with Gasteiger partial charge < -0.3 is 10.2 Å². The minimum atomic E-state index is -3.64. The first-order valence-corrected chi connectivity index (χ1v) is 17.2. The van der Waals surface area contributed by atoms with E-state index >= 15 is 0 Å². The molecule has 0 spiro atoms. The van der Waals surface area contributed by atoms with Crippen LogP contribution >= 0.6 is 23.2 Å². The van der Waals surface area contributed by atoms with Crippen LogP contribution in [0.5, 0.6) is 0 Å². The summed E-state index contributed by atoms with van der Waals surface area (Å²) in [5.74, 6) is -0.419. The maximum absolute atomic E-state index is 14.0. The lowest BCUT2D eigenvalue weighted by molar-refractivity contribution is -0.141. The molecule has 4 rings (SSSR count). The zero-order valence-corrected chi connectivity index (χ0v) is 27.0. The SMILES string of the molecule is Cc1c(Cl)cccc1N(CCCC(=O)N(Cc1cccc(Cl)c1)[C@H](Cc1ccccc1)C(=O)NC1CCCC1)S(C)(=O)=O. The molecule has 1 N–H and O–H groups in total. The largest absolute Gasteiger partial charge is 0.352 e. The molecule has 0 saturated heterocycles. The Labute approximate surface area is 265 Å². The highest BCUT2D eigenvalue weighted by Gasteiger charge is 2.32. The maximum atomic E-state index is 14.0. The van der Waals surface area contributed by atoms with Crippen molar-refractivity contribution in [2.75, 3.05) is 17.1 Å². The number of hydrogen-bond donors (Lipinski definition) is 1. The molecular formula is C33H39Cl2N3O4S. The Morgan fingerprint density at radius 2 is 1.63 bits per heavy atom. The van der Waals surface area contributed by atoms with Gasteiger partial charge in [0.2, 0.25) is 21.8 Å². The number of amides is 2. The molecule has 0 aliphatic heterocycles. The number of rotatable bonds is 13. The first-order valence-electron chi connectivity index (χ1n) is 14.6. The van der Waals surface area contributed by atoms with E-state index < -0.39 is 16.1 Å². The third kappa shape index (κ3) is 9.21. The average Bonchev–Trinajstić information content (AvgIpc) is 3.47. The van der Waals surface area contributed by atoms with Crippen LogP contribution in [0, 0.1) is 6.92 Å². The van der Waals surface area contributed by atoms with Gasteiger partial charge in [-0.2, -0.15) is 0 Å². The summed E-state index contributed by atoms with van der Waals surface area (Å²) >= 11 is 12.6. The molecule has 0 heterocycles. The lowest BCUT2D eigenvalue weighted by Gasteiger charge is -2.33. The molecule has 230 valence electrons. The number of nitrogens with zero attached hydrogens (tertiary/aromatic N) is 2. The van der Waals surface area contributed by atoms with Crippen LogP contribution in [0.4, 0.5) is 5.69 Å². The van der Waals surface area contributed by atoms with E-state index in [-0.39, 0.29) is 43.8 Å². The molecule has 1 saturated carbocycles. The molecule has 0 bridgehead atoms. The van der Waals surface area contributed by atoms with Gasteiger partial charge in [0.1, 0.15) is 6.04 Å². The van der Waals surface area contributed by atoms with Gasteiger partial charge in [-0.05, 0) is 67.1 Å². The quantitative estimate of drug-likeness (QED) is 0.229. The maximum Gasteiger partial charge on any atom is 0.243 e. The lowest BCUT2D eigenvalue weighted by atomic mass is 10.0. The second kappa shape index (κ2) is 15.1. The van der Waals surface area contributed by atoms with Gasteiger partial charge in [-0.3, -0.25) is 13.9 Å². The topological polar surface area (TPSA) is 86.8 Å². The minimum Gasteiger partial charge on any atom is -0.352 e. The Morgan fingerprint density at radius 1 is 0.953 bits per heavy atom. The molecule has 2 amide bonds. The summed E-state index contributed by atoms with van der Waals surface area (Å²) in [6.07, 6.45) is 5.80. The van der Waals surface area contributed by atoms with E-state index in [1.807, 2.05) is 42.5 Å². The van der Waals surface area contributed by atoms with Crippen LogP contribution in [0.3, 0.4) is 0 Å². The van der Waals surface area contributed by atoms with Gasteiger partial charge in [-0.15, -0.1) is 0 Å². The van der Waals surface area contributed by atoms with Crippen molar-refractivity contribution >= 4 is 50.7 Å². The van der Waals surface area contributed by atoms with Crippen molar-refractivity contribution in [3.05, 3.63) is 99.5 Å². The number of nitrogens with one attached hydrogen (secondary N) is 1. The summed E-state index contributed by atoms with van der Waals surface area (Å²) in [6, 6.07) is 21.4. The molecule has 1 aliphatic rings. The lowest BCUT2D eigenvalue weighted by Crippen LogP contribution is -2.52. The summed E-state index contributed by atoms with van der Waals surface area (Å²) in [4.78, 5) is 29.5. The van der Waals surface area contributed by atoms with Crippen LogP contribution < -0.4 is 9.62 Å². The van der Waals surface area contributed by atoms with Crippen LogP contribution in [0.25, 0.3) is 0 Å². The fourth-order valence-electron chi connectivity index (χ4n) is 5.60. The van der Waals surface area contributed by atoms with E-state index in [1.165, 1.54) is 4.31 Å². The molecule has 1 aliphatic carbocycles. The standard InChI is InChI=1S/C33H39Cl2N3O4S/c1-24-29(35)17-9-18-30(24)38(43(2,41)42)20-10-19-32(39)37(23-26-13-8-14-27(34)21-26)31(22-25-11-4-3-5-12-25)33(40)36-28-15-6-7-16-28/h3-5,8-9,11-14,17-18,21,28,31H,6-7,10,15-16,19-20,22-23H2,1-2H3,(H,36,40)/t31-/m1/s1. The molecule has 0 aromatic heterocycles. The summed E-state index contributed by atoms with van der Waals surface area (Å²) < 4.78 is 26.8. The van der Waals surface area contributed by atoms with E-state index in [0.717, 1.165) is 43.1 Å². The Hall–Kier alpha value is -3.07. The van der Waals surface area contributed by atoms with Crippen molar-refractivity contribution in [3.8, 4) is 0 Å². The van der Waals surface area contributed by atoms with E-state index in [4.69, 9.17) is 23.2 Å². The highest BCUT2D eigenvalue weighted by Crippen LogP contribution is 2.29. The smallest absolute Gasteiger partial charge is 0.243 e. The first kappa shape index (κ1) is 32.8. The number of hydrogen-bond acceptors (Lipinski definition) is 4. The number of benzene rings is 3. The minimum absolute atomic E-state index is 0.0498. The van der Waals surface area contributed by atoms with Crippen LogP contribution in [0.1, 0.15) is 55.2 Å². The molecule has 43 heavy (non-hydrogen) atoms. The molecule has 1 fully saturated rings. The van der Waals surface area contributed by atoms with Gasteiger partial charge in [-0.25, -0.2) is 8.42 Å². The van der Waals surface area contributed by atoms with Crippen LogP contribution in [0.2, 0.25) is 10.0 Å². The number of carbonyl (C=O) groups is 2. The second-order valence-electron chi connectivity index (χ2n) is 11.2. The zero-order chi connectivity index (χ0) is 31.0. The molecule has 10 heteroatoms. The number of sulfonamides is 1. The van der Waals surface area contributed by atoms with Crippen LogP contribution in [-0.4, -0.2) is 50.0 Å². The van der Waals surface area contributed by atoms with Crippen molar-refractivity contribution in [1.82, 2.24) is 10.2 Å². The van der Waals surface area contributed by atoms with E-state index in [0.29, 0.717) is 27.7 Å². The molecule has 3 aromatic carbocycles. The van der Waals surface area contributed by atoms with Crippen molar-refractivity contribution in [3.63, 3.8) is 0 Å². The van der Waals surface area contributed by atoms with Gasteiger partial charge in [0.05, 0.1) is 11.9 Å². The second-order valence-corrected chi connectivity index (χ2v) is 13.9. The molecule has 0 radical (unpaired) electrons. The van der Waals surface area contributed by atoms with Gasteiger partial charge in [0, 0.05) is 42.0 Å². The predicted octanol–water partition coefficient (Wildman–Crippen LogP) is 6.55. The van der Waals surface area contributed by atoms with Crippen LogP contribution in [-0.2, 0) is 32.6 Å². The van der Waals surface area contributed by atoms with E-state index in [1.54, 1.807) is 42.2 Å². The molecule has 3 aromatic rings. The third-order valence-corrected chi connectivity index (χ3v) is 9.70. The molecule has 1 atom stereocenters. The summed E-state index contributed by atoms with van der Waals surface area (Å²) in [6.45, 7) is 2.05. The molecule has 7 nitrogen and oxygen atoms in total. The summed E-state index contributed by atoms with van der Waals surface area (Å²) in [7, 11) is -3.64. The van der Waals surface area contributed by atoms with Crippen LogP contribution in [0.15, 0.2) is 72.8 Å². The fraction of sp³-hybridized carbons (Fsp3) is 0.394. The van der Waals surface area contributed by atoms with E-state index in [2.05, 4.69) is 5.32 Å². The fourth-order valence-corrected chi connectivity index (χ4v) is 7.00. The Kier molecular flexibility index (Phi) is 11.5. The normalized spacial score (nSPS) is 14.3. The number of halogens is 2. The zero-order valence-electron chi connectivity index (χ0n) is 24.6. The number of anilines is 1. The summed E-state index contributed by atoms with van der Waals surface area (Å²) in [5.41, 5.74) is 2.88. The van der Waals surface area contributed by atoms with Gasteiger partial charge in [0.25, 0.3) is 0 Å². The third-order valence-electron chi connectivity index (χ3n) is 7.87. The first-order chi connectivity index (χ1) is 20.5. The molecular weight excluding hydrogens is 605 g/mol. The van der Waals surface area contributed by atoms with Gasteiger partial charge in [0.15, 0.2) is 0 Å². The number of carbonyl (C=O) groups excluding carboxylic acids is 2. The Bertz CT molecular complexity index is 1510. The van der Waals surface area contributed by atoms with Gasteiger partial charge in [-0.1, -0.05) is 84.6 Å². The average molecular weight is 645 g/mol. The van der Waals surface area contributed by atoms with E-state index in [9.17, 15) is 18.0 Å². The van der Waals surface area contributed by atoms with Crippen molar-refractivity contribution in [1.29, 1.82) is 0 Å². The van der Waals surface area contributed by atoms with Gasteiger partial charge >= 0.3 is 0 Å². The highest BCUT2D eigenvalue weighted by molar-refractivity contribution is 7.92. The molecule has 0 unspecified atom stereocenters.